The van der Waals surface area contributed by atoms with Gasteiger partial charge in [0.2, 0.25) is 10.2 Å². The molecule has 1 heterocycles. The lowest BCUT2D eigenvalue weighted by atomic mass is 10.4. The van der Waals surface area contributed by atoms with Gasteiger partial charge in [-0.15, -0.1) is 0 Å². The summed E-state index contributed by atoms with van der Waals surface area (Å²) in [4.78, 5) is 24.5. The van der Waals surface area contributed by atoms with E-state index in [9.17, 15) is 9.70 Å². The van der Waals surface area contributed by atoms with Crippen LogP contribution in [0.5, 0.6) is 0 Å². The molecule has 0 fully saturated rings. The molecule has 0 atom stereocenters. The van der Waals surface area contributed by atoms with E-state index in [0.717, 1.165) is 0 Å². The third-order valence-corrected chi connectivity index (χ3v) is 1.11. The smallest absolute Gasteiger partial charge is 0.312 e. The van der Waals surface area contributed by atoms with Crippen LogP contribution in [0.15, 0.2) is 26.7 Å². The van der Waals surface area contributed by atoms with Crippen LogP contribution in [0.25, 0.3) is 0 Å². The van der Waals surface area contributed by atoms with Crippen LogP contribution in [-0.4, -0.2) is 34.4 Å². The summed E-state index contributed by atoms with van der Waals surface area (Å²) >= 11 is 0. The number of nitroso groups, excluding NO2 is 1. The molecule has 17 heavy (non-hydrogen) atoms. The van der Waals surface area contributed by atoms with Crippen LogP contribution in [0, 0.1) is 4.91 Å². The Morgan fingerprint density at radius 3 is 2.76 bits per heavy atom. The van der Waals surface area contributed by atoms with Crippen LogP contribution in [-0.2, 0) is 9.63 Å². The average Bonchev–Trinajstić information content (AvgIpc) is 2.63. The standard InChI is InChI=1S/C6H9NO3.C2H3N4O/c1-2-10-7-5-3-4-6(8)9;1-2-3-5-6(7)4-2/h3H,2,4H2,1H3,(H,8,9);1H3/q;+1. The number of hydrazone groups is 1. The van der Waals surface area contributed by atoms with E-state index < -0.39 is 5.97 Å². The molecule has 0 aromatic rings. The number of aliphatic carboxylic acids is 1. The fraction of sp³-hybridized carbons (Fsp3) is 0.500. The van der Waals surface area contributed by atoms with Crippen molar-refractivity contribution in [2.45, 2.75) is 20.3 Å². The third-order valence-electron chi connectivity index (χ3n) is 1.11. The van der Waals surface area contributed by atoms with E-state index in [2.05, 4.69) is 31.3 Å². The van der Waals surface area contributed by atoms with E-state index >= 15 is 0 Å². The lowest BCUT2D eigenvalue weighted by molar-refractivity contribution is -0.560. The van der Waals surface area contributed by atoms with Gasteiger partial charge in [0, 0.05) is 17.9 Å². The van der Waals surface area contributed by atoms with Gasteiger partial charge >= 0.3 is 11.8 Å². The number of nitrogens with zero attached hydrogens (tertiary/aromatic N) is 5. The summed E-state index contributed by atoms with van der Waals surface area (Å²) < 4.78 is 0. The first-order valence-corrected chi connectivity index (χ1v) is 4.61. The van der Waals surface area contributed by atoms with Crippen molar-refractivity contribution in [2.24, 2.45) is 20.6 Å². The molecule has 0 saturated heterocycles. The summed E-state index contributed by atoms with van der Waals surface area (Å²) in [6.07, 6.45) is 1.22. The monoisotopic (exact) mass is 242 g/mol. The Kier molecular flexibility index (Phi) is 7.61. The van der Waals surface area contributed by atoms with Crippen LogP contribution in [0.1, 0.15) is 20.3 Å². The maximum absolute atomic E-state index is 9.92. The second-order valence-corrected chi connectivity index (χ2v) is 2.53. The quantitative estimate of drug-likeness (QED) is 0.451. The van der Waals surface area contributed by atoms with Crippen molar-refractivity contribution >= 4 is 17.7 Å². The molecule has 9 nitrogen and oxygen atoms in total. The minimum Gasteiger partial charge on any atom is -0.481 e. The molecule has 0 aliphatic carbocycles. The first-order chi connectivity index (χ1) is 8.06. The van der Waals surface area contributed by atoms with E-state index in [1.54, 1.807) is 13.8 Å². The Bertz CT molecular complexity index is 395. The minimum atomic E-state index is -0.904. The average molecular weight is 242 g/mol. The van der Waals surface area contributed by atoms with E-state index in [1.807, 2.05) is 0 Å². The SMILES string of the molecule is CC1=N[N+](=O)N=N1.CCON=C=CCC(=O)O. The highest BCUT2D eigenvalue weighted by atomic mass is 16.6. The van der Waals surface area contributed by atoms with Crippen molar-refractivity contribution in [3.63, 3.8) is 0 Å². The maximum Gasteiger partial charge on any atom is 0.312 e. The first-order valence-electron chi connectivity index (χ1n) is 4.61. The predicted molar refractivity (Wildman–Crippen MR) is 57.5 cm³/mol. The Morgan fingerprint density at radius 1 is 1.71 bits per heavy atom. The van der Waals surface area contributed by atoms with Gasteiger partial charge in [0.1, 0.15) is 6.61 Å². The van der Waals surface area contributed by atoms with Gasteiger partial charge in [-0.3, -0.25) is 4.79 Å². The first kappa shape index (κ1) is 14.6. The number of rotatable bonds is 4. The zero-order chi connectivity index (χ0) is 13.1. The van der Waals surface area contributed by atoms with Crippen LogP contribution in [0.3, 0.4) is 0 Å². The highest BCUT2D eigenvalue weighted by Crippen LogP contribution is 1.92. The molecule has 0 unspecified atom stereocenters. The van der Waals surface area contributed by atoms with Crippen molar-refractivity contribution in [3.8, 4) is 0 Å². The van der Waals surface area contributed by atoms with E-state index in [0.29, 0.717) is 12.4 Å². The molecule has 1 rings (SSSR count). The van der Waals surface area contributed by atoms with Gasteiger partial charge in [-0.25, -0.2) is 0 Å². The van der Waals surface area contributed by atoms with Crippen molar-refractivity contribution in [1.82, 2.24) is 0 Å². The molecule has 0 aromatic heterocycles. The van der Waals surface area contributed by atoms with E-state index in [4.69, 9.17) is 5.11 Å². The van der Waals surface area contributed by atoms with Gasteiger partial charge in [-0.05, 0) is 23.1 Å². The van der Waals surface area contributed by atoms with Crippen LogP contribution >= 0.6 is 0 Å². The van der Waals surface area contributed by atoms with Crippen LogP contribution < -0.4 is 0 Å². The molecule has 9 heteroatoms. The minimum absolute atomic E-state index is 0.0728. The second kappa shape index (κ2) is 8.86. The predicted octanol–water partition coefficient (Wildman–Crippen LogP) is 1.12. The molecular weight excluding hydrogens is 230 g/mol. The third kappa shape index (κ3) is 9.88. The molecule has 1 aliphatic rings. The molecule has 1 aliphatic heterocycles. The lowest BCUT2D eigenvalue weighted by Crippen LogP contribution is -1.89. The molecule has 0 saturated carbocycles. The fourth-order valence-electron chi connectivity index (χ4n) is 0.539. The molecule has 0 radical (unpaired) electrons. The summed E-state index contributed by atoms with van der Waals surface area (Å²) in [6.45, 7) is 3.84. The van der Waals surface area contributed by atoms with Crippen molar-refractivity contribution in [2.75, 3.05) is 6.61 Å². The molecule has 92 valence electrons. The molecular formula is C8H12N5O4+. The molecule has 0 aromatic carbocycles. The number of carbonyl (C=O) groups is 1. The Hall–Kier alpha value is -2.41. The maximum atomic E-state index is 9.92. The highest BCUT2D eigenvalue weighted by molar-refractivity contribution is 5.79. The summed E-state index contributed by atoms with van der Waals surface area (Å²) in [5, 5.41) is 21.0. The van der Waals surface area contributed by atoms with Gasteiger partial charge < -0.3 is 9.94 Å². The topological polar surface area (TPSA) is 116 Å². The molecule has 0 amide bonds. The number of carboxylic acids is 1. The number of amidine groups is 1. The fourth-order valence-corrected chi connectivity index (χ4v) is 0.539. The Balaban J connectivity index is 0.000000318. The largest absolute Gasteiger partial charge is 0.481 e. The summed E-state index contributed by atoms with van der Waals surface area (Å²) in [5.74, 6) is 1.81. The van der Waals surface area contributed by atoms with E-state index in [-0.39, 0.29) is 11.4 Å². The second-order valence-electron chi connectivity index (χ2n) is 2.53. The molecule has 0 spiro atoms. The zero-order valence-electron chi connectivity index (χ0n) is 9.40. The number of hydrogen-bond acceptors (Lipinski definition) is 5. The van der Waals surface area contributed by atoms with Gasteiger partial charge in [0.05, 0.1) is 11.5 Å². The van der Waals surface area contributed by atoms with Crippen LogP contribution in [0.2, 0.25) is 0 Å². The van der Waals surface area contributed by atoms with Gasteiger partial charge in [0.25, 0.3) is 0 Å². The Morgan fingerprint density at radius 2 is 2.41 bits per heavy atom. The normalized spacial score (nSPS) is 11.9. The molecule has 0 bridgehead atoms. The summed E-state index contributed by atoms with van der Waals surface area (Å²) in [6, 6.07) is 0. The Labute approximate surface area is 96.7 Å². The van der Waals surface area contributed by atoms with Crippen LogP contribution in [0.4, 0.5) is 0 Å². The summed E-state index contributed by atoms with van der Waals surface area (Å²) in [5.41, 5.74) is 0. The van der Waals surface area contributed by atoms with Gasteiger partial charge in [-0.2, -0.15) is 0 Å². The summed E-state index contributed by atoms with van der Waals surface area (Å²) in [7, 11) is 0. The van der Waals surface area contributed by atoms with Crippen molar-refractivity contribution < 1.29 is 19.7 Å². The number of hydrogen-bond donors (Lipinski definition) is 1. The van der Waals surface area contributed by atoms with E-state index in [1.165, 1.54) is 6.08 Å². The molecule has 1 N–H and O–H groups in total. The number of carboxylic acid groups (broad SMARTS) is 1. The van der Waals surface area contributed by atoms with Gasteiger partial charge in [-0.1, -0.05) is 0 Å². The zero-order valence-corrected chi connectivity index (χ0v) is 9.40. The van der Waals surface area contributed by atoms with Gasteiger partial charge in [0.15, 0.2) is 0 Å². The van der Waals surface area contributed by atoms with Crippen molar-refractivity contribution in [1.29, 1.82) is 0 Å². The van der Waals surface area contributed by atoms with Crippen molar-refractivity contribution in [3.05, 3.63) is 11.0 Å². The lowest BCUT2D eigenvalue weighted by Gasteiger charge is -1.83. The highest BCUT2D eigenvalue weighted by Gasteiger charge is 2.12.